The monoisotopic (exact) mass is 467 g/mol. The van der Waals surface area contributed by atoms with Crippen LogP contribution in [0.5, 0.6) is 11.5 Å². The number of likely N-dealkylation sites (N-methyl/N-ethyl adjacent to an activating group) is 1. The van der Waals surface area contributed by atoms with Crippen LogP contribution in [0, 0.1) is 5.82 Å². The van der Waals surface area contributed by atoms with E-state index in [0.717, 1.165) is 5.56 Å². The third kappa shape index (κ3) is 5.17. The zero-order chi connectivity index (χ0) is 21.8. The minimum absolute atomic E-state index is 0.00619. The van der Waals surface area contributed by atoms with E-state index in [4.69, 9.17) is 39.5 Å². The lowest BCUT2D eigenvalue weighted by Gasteiger charge is -2.13. The maximum Gasteiger partial charge on any atom is 0.257 e. The fraction of sp³-hybridized carbons (Fsp3) is 0.136. The molecule has 0 saturated carbocycles. The number of hydrogen-bond donors (Lipinski definition) is 2. The number of phenols is 1. The van der Waals surface area contributed by atoms with Crippen LogP contribution >= 0.6 is 34.8 Å². The van der Waals surface area contributed by atoms with Crippen LogP contribution in [0.15, 0.2) is 48.5 Å². The van der Waals surface area contributed by atoms with Gasteiger partial charge in [-0.3, -0.25) is 4.79 Å². The van der Waals surface area contributed by atoms with Crippen molar-refractivity contribution in [3.63, 3.8) is 0 Å². The van der Waals surface area contributed by atoms with Crippen molar-refractivity contribution < 1.29 is 19.0 Å². The van der Waals surface area contributed by atoms with Gasteiger partial charge in [0, 0.05) is 29.1 Å². The number of hydrogen-bond acceptors (Lipinski definition) is 3. The Bertz CT molecular complexity index is 1080. The minimum atomic E-state index is -0.572. The van der Waals surface area contributed by atoms with Gasteiger partial charge in [-0.1, -0.05) is 46.9 Å². The number of rotatable bonds is 6. The molecule has 3 rings (SSSR count). The molecule has 2 N–H and O–H groups in total. The van der Waals surface area contributed by atoms with Crippen molar-refractivity contribution in [3.8, 4) is 22.6 Å². The van der Waals surface area contributed by atoms with E-state index in [0.29, 0.717) is 38.9 Å². The zero-order valence-electron chi connectivity index (χ0n) is 15.8. The Labute approximate surface area is 188 Å². The van der Waals surface area contributed by atoms with E-state index in [1.165, 1.54) is 25.2 Å². The molecule has 3 aromatic carbocycles. The van der Waals surface area contributed by atoms with Gasteiger partial charge in [-0.2, -0.15) is 0 Å². The first-order valence-corrected chi connectivity index (χ1v) is 10.0. The highest BCUT2D eigenvalue weighted by Crippen LogP contribution is 2.35. The fourth-order valence-corrected chi connectivity index (χ4v) is 3.56. The number of aromatic hydroxyl groups is 1. The van der Waals surface area contributed by atoms with Crippen molar-refractivity contribution >= 4 is 40.7 Å². The Hall–Kier alpha value is -2.47. The second kappa shape index (κ2) is 9.56. The predicted octanol–water partition coefficient (Wildman–Crippen LogP) is 5.87. The molecular weight excluding hydrogens is 452 g/mol. The van der Waals surface area contributed by atoms with Gasteiger partial charge in [0.15, 0.2) is 6.61 Å². The van der Waals surface area contributed by atoms with Crippen LogP contribution in [-0.4, -0.2) is 24.7 Å². The molecule has 30 heavy (non-hydrogen) atoms. The summed E-state index contributed by atoms with van der Waals surface area (Å²) in [4.78, 5) is 11.3. The quantitative estimate of drug-likeness (QED) is 0.475. The van der Waals surface area contributed by atoms with E-state index < -0.39 is 5.82 Å². The van der Waals surface area contributed by atoms with Crippen molar-refractivity contribution in [2.24, 2.45) is 0 Å². The number of amides is 1. The molecule has 0 radical (unpaired) electrons. The smallest absolute Gasteiger partial charge is 0.257 e. The summed E-state index contributed by atoms with van der Waals surface area (Å²) in [6, 6.07) is 12.5. The molecule has 0 aliphatic carbocycles. The molecular formula is C22H17Cl3FNO3. The molecule has 0 unspecified atom stereocenters. The lowest BCUT2D eigenvalue weighted by molar-refractivity contribution is -0.122. The number of benzene rings is 3. The average molecular weight is 469 g/mol. The molecule has 0 fully saturated rings. The van der Waals surface area contributed by atoms with Crippen molar-refractivity contribution in [2.75, 3.05) is 13.7 Å². The molecule has 0 aliphatic rings. The van der Waals surface area contributed by atoms with Crippen molar-refractivity contribution in [3.05, 3.63) is 80.5 Å². The van der Waals surface area contributed by atoms with Crippen molar-refractivity contribution in [2.45, 2.75) is 6.42 Å². The molecule has 0 bridgehead atoms. The number of nitrogens with one attached hydrogen (secondary N) is 1. The lowest BCUT2D eigenvalue weighted by Crippen LogP contribution is -2.24. The molecule has 1 amide bonds. The maximum atomic E-state index is 13.8. The first kappa shape index (κ1) is 22.2. The van der Waals surface area contributed by atoms with Gasteiger partial charge in [0.1, 0.15) is 17.3 Å². The van der Waals surface area contributed by atoms with Crippen LogP contribution in [0.1, 0.15) is 11.1 Å². The van der Waals surface area contributed by atoms with Crippen molar-refractivity contribution in [1.82, 2.24) is 5.32 Å². The third-order valence-electron chi connectivity index (χ3n) is 4.44. The van der Waals surface area contributed by atoms with E-state index >= 15 is 0 Å². The first-order chi connectivity index (χ1) is 14.3. The van der Waals surface area contributed by atoms with Gasteiger partial charge in [0.2, 0.25) is 0 Å². The van der Waals surface area contributed by atoms with Gasteiger partial charge >= 0.3 is 0 Å². The molecule has 8 heteroatoms. The molecule has 0 aromatic heterocycles. The predicted molar refractivity (Wildman–Crippen MR) is 117 cm³/mol. The highest BCUT2D eigenvalue weighted by atomic mass is 35.5. The highest BCUT2D eigenvalue weighted by Gasteiger charge is 2.14. The Morgan fingerprint density at radius 3 is 2.37 bits per heavy atom. The third-order valence-corrected chi connectivity index (χ3v) is 5.42. The first-order valence-electron chi connectivity index (χ1n) is 8.87. The topological polar surface area (TPSA) is 58.6 Å². The summed E-state index contributed by atoms with van der Waals surface area (Å²) >= 11 is 18.5. The molecule has 156 valence electrons. The van der Waals surface area contributed by atoms with Gasteiger partial charge in [-0.15, -0.1) is 0 Å². The summed E-state index contributed by atoms with van der Waals surface area (Å²) in [5.41, 5.74) is 2.41. The van der Waals surface area contributed by atoms with Crippen molar-refractivity contribution in [1.29, 1.82) is 0 Å². The minimum Gasteiger partial charge on any atom is -0.507 e. The highest BCUT2D eigenvalue weighted by molar-refractivity contribution is 6.36. The summed E-state index contributed by atoms with van der Waals surface area (Å²) in [6.45, 7) is -0.151. The second-order valence-electron chi connectivity index (χ2n) is 6.48. The fourth-order valence-electron chi connectivity index (χ4n) is 2.85. The van der Waals surface area contributed by atoms with E-state index in [2.05, 4.69) is 5.32 Å². The van der Waals surface area contributed by atoms with Gasteiger partial charge < -0.3 is 15.2 Å². The Kier molecular flexibility index (Phi) is 7.08. The standard InChI is InChI=1S/C22H17Cl3FNO3/c1-27-22(29)11-30-14-9-18(24)16(19(25)10-14)7-12-2-5-21(28)15(6-12)13-3-4-17(23)20(26)8-13/h2-6,8-10,28H,7,11H2,1H3,(H,27,29). The molecule has 0 atom stereocenters. The molecule has 3 aromatic rings. The van der Waals surface area contributed by atoms with Crippen LogP contribution < -0.4 is 10.1 Å². The van der Waals surface area contributed by atoms with Gasteiger partial charge in [-0.05, 0) is 53.1 Å². The van der Waals surface area contributed by atoms with E-state index in [-0.39, 0.29) is 23.3 Å². The Morgan fingerprint density at radius 1 is 1.03 bits per heavy atom. The molecule has 4 nitrogen and oxygen atoms in total. The average Bonchev–Trinajstić information content (AvgIpc) is 2.72. The van der Waals surface area contributed by atoms with Crippen LogP contribution in [0.3, 0.4) is 0 Å². The zero-order valence-corrected chi connectivity index (χ0v) is 18.1. The second-order valence-corrected chi connectivity index (χ2v) is 7.71. The van der Waals surface area contributed by atoms with Crippen LogP contribution in [0.4, 0.5) is 4.39 Å². The van der Waals surface area contributed by atoms with Gasteiger partial charge in [0.25, 0.3) is 5.91 Å². The number of carbonyl (C=O) groups is 1. The van der Waals surface area contributed by atoms with Gasteiger partial charge in [-0.25, -0.2) is 4.39 Å². The number of ether oxygens (including phenoxy) is 1. The largest absolute Gasteiger partial charge is 0.507 e. The molecule has 0 spiro atoms. The van der Waals surface area contributed by atoms with Crippen LogP contribution in [0.2, 0.25) is 15.1 Å². The molecule has 0 aliphatic heterocycles. The lowest BCUT2D eigenvalue weighted by atomic mass is 9.98. The van der Waals surface area contributed by atoms with Crippen LogP contribution in [0.25, 0.3) is 11.1 Å². The number of halogens is 4. The van der Waals surface area contributed by atoms with E-state index in [9.17, 15) is 14.3 Å². The Balaban J connectivity index is 1.87. The normalized spacial score (nSPS) is 10.7. The molecule has 0 saturated heterocycles. The Morgan fingerprint density at radius 2 is 1.73 bits per heavy atom. The van der Waals surface area contributed by atoms with Crippen LogP contribution in [-0.2, 0) is 11.2 Å². The summed E-state index contributed by atoms with van der Waals surface area (Å²) in [6.07, 6.45) is 0.372. The number of phenolic OH excluding ortho intramolecular Hbond substituents is 1. The summed E-state index contributed by atoms with van der Waals surface area (Å²) in [5.74, 6) is -0.463. The SMILES string of the molecule is CNC(=O)COc1cc(Cl)c(Cc2ccc(O)c(-c3ccc(Cl)c(F)c3)c2)c(Cl)c1. The summed E-state index contributed by atoms with van der Waals surface area (Å²) in [5, 5.41) is 13.4. The van der Waals surface area contributed by atoms with E-state index in [1.807, 2.05) is 0 Å². The summed E-state index contributed by atoms with van der Waals surface area (Å²) < 4.78 is 19.2. The maximum absolute atomic E-state index is 13.8. The molecule has 0 heterocycles. The van der Waals surface area contributed by atoms with E-state index in [1.54, 1.807) is 30.3 Å². The summed E-state index contributed by atoms with van der Waals surface area (Å²) in [7, 11) is 1.51. The van der Waals surface area contributed by atoms with Gasteiger partial charge in [0.05, 0.1) is 5.02 Å². The number of carbonyl (C=O) groups excluding carboxylic acids is 1.